The lowest BCUT2D eigenvalue weighted by atomic mass is 10.1. The number of halogens is 1. The molecule has 0 spiro atoms. The number of rotatable bonds is 7. The molecule has 0 radical (unpaired) electrons. The van der Waals surface area contributed by atoms with Gasteiger partial charge < -0.3 is 19.9 Å². The first-order valence-electron chi connectivity index (χ1n) is 10.4. The van der Waals surface area contributed by atoms with Crippen molar-refractivity contribution >= 4 is 35.8 Å². The molecule has 1 saturated heterocycles. The summed E-state index contributed by atoms with van der Waals surface area (Å²) in [6, 6.07) is 10.0. The van der Waals surface area contributed by atoms with Crippen LogP contribution >= 0.6 is 24.0 Å². The standard InChI is InChI=1S/C22H32N6O2.HI/c1-26(2)21(29)15-24-22(23-14-20-11-7-8-12-30-20)27(3)16-18-13-25-28(17-18)19-9-5-4-6-10-19;/h4-6,9-10,13,17,20H,7-8,11-12,14-16H2,1-3H3,(H,23,24);1H. The Bertz CT molecular complexity index is 834. The number of nitrogens with one attached hydrogen (secondary N) is 1. The molecule has 2 aromatic rings. The van der Waals surface area contributed by atoms with Gasteiger partial charge in [0.1, 0.15) is 6.54 Å². The van der Waals surface area contributed by atoms with Crippen molar-refractivity contribution in [3.8, 4) is 5.69 Å². The fraction of sp³-hybridized carbons (Fsp3) is 0.500. The van der Waals surface area contributed by atoms with Gasteiger partial charge >= 0.3 is 0 Å². The molecular formula is C22H33IN6O2. The van der Waals surface area contributed by atoms with Gasteiger partial charge in [0.15, 0.2) is 5.96 Å². The molecule has 1 aliphatic rings. The third kappa shape index (κ3) is 7.80. The molecule has 9 heteroatoms. The molecule has 1 fully saturated rings. The molecular weight excluding hydrogens is 507 g/mol. The first-order valence-corrected chi connectivity index (χ1v) is 10.4. The van der Waals surface area contributed by atoms with E-state index in [1.807, 2.05) is 59.4 Å². The zero-order valence-corrected chi connectivity index (χ0v) is 20.9. The molecule has 3 rings (SSSR count). The summed E-state index contributed by atoms with van der Waals surface area (Å²) in [7, 11) is 5.44. The Morgan fingerprint density at radius 1 is 1.26 bits per heavy atom. The predicted octanol–water partition coefficient (Wildman–Crippen LogP) is 2.53. The molecule has 0 saturated carbocycles. The summed E-state index contributed by atoms with van der Waals surface area (Å²) in [5.74, 6) is 0.653. The minimum absolute atomic E-state index is 0. The highest BCUT2D eigenvalue weighted by Gasteiger charge is 2.16. The molecule has 31 heavy (non-hydrogen) atoms. The van der Waals surface area contributed by atoms with Gasteiger partial charge in [-0.2, -0.15) is 5.10 Å². The molecule has 170 valence electrons. The average molecular weight is 540 g/mol. The molecule has 0 aliphatic carbocycles. The van der Waals surface area contributed by atoms with Gasteiger partial charge in [-0.25, -0.2) is 9.67 Å². The number of hydrogen-bond donors (Lipinski definition) is 1. The van der Waals surface area contributed by atoms with Crippen molar-refractivity contribution in [2.24, 2.45) is 4.99 Å². The Labute approximate surface area is 201 Å². The normalized spacial score (nSPS) is 16.4. The van der Waals surface area contributed by atoms with Crippen LogP contribution in [-0.4, -0.2) is 78.4 Å². The van der Waals surface area contributed by atoms with Crippen LogP contribution in [-0.2, 0) is 16.1 Å². The molecule has 0 bridgehead atoms. The third-order valence-corrected chi connectivity index (χ3v) is 5.06. The van der Waals surface area contributed by atoms with E-state index in [0.29, 0.717) is 19.0 Å². The van der Waals surface area contributed by atoms with Crippen molar-refractivity contribution in [2.45, 2.75) is 31.9 Å². The lowest BCUT2D eigenvalue weighted by molar-refractivity contribution is -0.127. The number of ether oxygens (including phenoxy) is 1. The van der Waals surface area contributed by atoms with Gasteiger partial charge in [0.05, 0.1) is 18.0 Å². The van der Waals surface area contributed by atoms with E-state index in [0.717, 1.165) is 30.7 Å². The average Bonchev–Trinajstić information content (AvgIpc) is 3.23. The maximum atomic E-state index is 12.0. The Morgan fingerprint density at radius 2 is 2.03 bits per heavy atom. The molecule has 1 aliphatic heterocycles. The van der Waals surface area contributed by atoms with E-state index < -0.39 is 0 Å². The van der Waals surface area contributed by atoms with E-state index in [4.69, 9.17) is 4.74 Å². The van der Waals surface area contributed by atoms with Crippen LogP contribution in [0.3, 0.4) is 0 Å². The number of carbonyl (C=O) groups is 1. The minimum atomic E-state index is -0.0338. The highest BCUT2D eigenvalue weighted by Crippen LogP contribution is 2.12. The van der Waals surface area contributed by atoms with Crippen molar-refractivity contribution in [3.63, 3.8) is 0 Å². The van der Waals surface area contributed by atoms with Crippen molar-refractivity contribution in [3.05, 3.63) is 48.3 Å². The van der Waals surface area contributed by atoms with Crippen LogP contribution in [0.25, 0.3) is 5.69 Å². The molecule has 1 aromatic heterocycles. The quantitative estimate of drug-likeness (QED) is 0.332. The Hall–Kier alpha value is -2.14. The van der Waals surface area contributed by atoms with Gasteiger partial charge in [0.2, 0.25) is 5.91 Å². The van der Waals surface area contributed by atoms with Crippen LogP contribution in [0.15, 0.2) is 47.7 Å². The number of aliphatic imine (C=N–C) groups is 1. The first kappa shape index (κ1) is 25.1. The number of guanidine groups is 1. The van der Waals surface area contributed by atoms with Crippen molar-refractivity contribution in [1.82, 2.24) is 24.9 Å². The van der Waals surface area contributed by atoms with E-state index in [9.17, 15) is 4.79 Å². The number of amides is 1. The Kier molecular flexibility index (Phi) is 10.3. The first-order chi connectivity index (χ1) is 14.5. The van der Waals surface area contributed by atoms with Crippen LogP contribution in [0.2, 0.25) is 0 Å². The van der Waals surface area contributed by atoms with E-state index in [1.54, 1.807) is 19.0 Å². The van der Waals surface area contributed by atoms with E-state index >= 15 is 0 Å². The molecule has 1 unspecified atom stereocenters. The van der Waals surface area contributed by atoms with Crippen LogP contribution in [0.4, 0.5) is 0 Å². The van der Waals surface area contributed by atoms with Gasteiger partial charge in [0.25, 0.3) is 0 Å². The number of hydrogen-bond acceptors (Lipinski definition) is 4. The summed E-state index contributed by atoms with van der Waals surface area (Å²) in [5, 5.41) is 7.86. The fourth-order valence-electron chi connectivity index (χ4n) is 3.28. The summed E-state index contributed by atoms with van der Waals surface area (Å²) in [5.41, 5.74) is 2.08. The summed E-state index contributed by atoms with van der Waals surface area (Å²) >= 11 is 0. The molecule has 8 nitrogen and oxygen atoms in total. The minimum Gasteiger partial charge on any atom is -0.376 e. The van der Waals surface area contributed by atoms with Gasteiger partial charge in [-0.1, -0.05) is 18.2 Å². The summed E-state index contributed by atoms with van der Waals surface area (Å²) in [6.07, 6.45) is 7.41. The molecule has 1 atom stereocenters. The number of aromatic nitrogens is 2. The lowest BCUT2D eigenvalue weighted by Crippen LogP contribution is -2.43. The van der Waals surface area contributed by atoms with Gasteiger partial charge in [-0.3, -0.25) is 4.79 Å². The van der Waals surface area contributed by atoms with Gasteiger partial charge in [-0.05, 0) is 31.4 Å². The second kappa shape index (κ2) is 12.7. The van der Waals surface area contributed by atoms with Crippen LogP contribution in [0, 0.1) is 0 Å². The molecule has 1 amide bonds. The zero-order chi connectivity index (χ0) is 21.3. The summed E-state index contributed by atoms with van der Waals surface area (Å²) in [4.78, 5) is 20.1. The summed E-state index contributed by atoms with van der Waals surface area (Å²) < 4.78 is 7.68. The SMILES string of the molecule is CN(C)C(=O)CN=C(NCC1CCCCO1)N(C)Cc1cnn(-c2ccccc2)c1.I. The maximum absolute atomic E-state index is 12.0. The van der Waals surface area contributed by atoms with Gasteiger partial charge in [-0.15, -0.1) is 24.0 Å². The second-order valence-electron chi connectivity index (χ2n) is 7.78. The van der Waals surface area contributed by atoms with E-state index in [2.05, 4.69) is 15.4 Å². The smallest absolute Gasteiger partial charge is 0.243 e. The highest BCUT2D eigenvalue weighted by atomic mass is 127. The summed E-state index contributed by atoms with van der Waals surface area (Å²) in [6.45, 7) is 2.23. The van der Waals surface area contributed by atoms with Crippen LogP contribution in [0.5, 0.6) is 0 Å². The number of likely N-dealkylation sites (N-methyl/N-ethyl adjacent to an activating group) is 1. The fourth-order valence-corrected chi connectivity index (χ4v) is 3.28. The number of nitrogens with zero attached hydrogens (tertiary/aromatic N) is 5. The predicted molar refractivity (Wildman–Crippen MR) is 133 cm³/mol. The lowest BCUT2D eigenvalue weighted by Gasteiger charge is -2.27. The van der Waals surface area contributed by atoms with Crippen molar-refractivity contribution in [1.29, 1.82) is 0 Å². The van der Waals surface area contributed by atoms with Crippen molar-refractivity contribution in [2.75, 3.05) is 40.8 Å². The largest absolute Gasteiger partial charge is 0.376 e. The Morgan fingerprint density at radius 3 is 2.71 bits per heavy atom. The van der Waals surface area contributed by atoms with E-state index in [1.165, 1.54) is 6.42 Å². The van der Waals surface area contributed by atoms with Crippen LogP contribution in [0.1, 0.15) is 24.8 Å². The Balaban J connectivity index is 0.00000341. The monoisotopic (exact) mass is 540 g/mol. The topological polar surface area (TPSA) is 75.0 Å². The maximum Gasteiger partial charge on any atom is 0.243 e. The number of benzene rings is 1. The zero-order valence-electron chi connectivity index (χ0n) is 18.5. The highest BCUT2D eigenvalue weighted by molar-refractivity contribution is 14.0. The molecule has 1 N–H and O–H groups in total. The van der Waals surface area contributed by atoms with E-state index in [-0.39, 0.29) is 42.5 Å². The van der Waals surface area contributed by atoms with Gasteiger partial charge in [0, 0.05) is 52.6 Å². The number of para-hydroxylation sites is 1. The van der Waals surface area contributed by atoms with Crippen LogP contribution < -0.4 is 5.32 Å². The molecule has 2 heterocycles. The van der Waals surface area contributed by atoms with Crippen molar-refractivity contribution < 1.29 is 9.53 Å². The number of carbonyl (C=O) groups excluding carboxylic acids is 1. The third-order valence-electron chi connectivity index (χ3n) is 5.06. The molecule has 1 aromatic carbocycles. The second-order valence-corrected chi connectivity index (χ2v) is 7.78.